The van der Waals surface area contributed by atoms with Crippen LogP contribution in [0.1, 0.15) is 43.9 Å². The van der Waals surface area contributed by atoms with Crippen molar-refractivity contribution in [2.24, 2.45) is 11.8 Å². The van der Waals surface area contributed by atoms with E-state index in [0.717, 1.165) is 30.5 Å². The lowest BCUT2D eigenvalue weighted by molar-refractivity contribution is 0.217. The molecule has 2 nitrogen and oxygen atoms in total. The largest absolute Gasteiger partial charge is 0.460 e. The molecular weight excluding hydrogens is 246 g/mol. The van der Waals surface area contributed by atoms with Crippen LogP contribution in [-0.4, -0.2) is 13.1 Å². The minimum Gasteiger partial charge on any atom is -0.460 e. The van der Waals surface area contributed by atoms with E-state index in [9.17, 15) is 0 Å². The summed E-state index contributed by atoms with van der Waals surface area (Å²) in [5.41, 5.74) is 2.31. The van der Waals surface area contributed by atoms with Crippen LogP contribution in [0, 0.1) is 18.8 Å². The molecule has 0 saturated heterocycles. The molecular formula is C18H25NO. The highest BCUT2D eigenvalue weighted by atomic mass is 16.3. The quantitative estimate of drug-likeness (QED) is 0.867. The number of benzene rings is 1. The Bertz CT molecular complexity index is 584. The molecule has 1 fully saturated rings. The normalized spacial score (nSPS) is 22.4. The first-order valence-electron chi connectivity index (χ1n) is 7.85. The molecule has 0 amide bonds. The second-order valence-corrected chi connectivity index (χ2v) is 6.64. The van der Waals surface area contributed by atoms with Crippen molar-refractivity contribution in [2.45, 2.75) is 39.5 Å². The molecule has 2 unspecified atom stereocenters. The highest BCUT2D eigenvalue weighted by Gasteiger charge is 2.34. The first-order chi connectivity index (χ1) is 9.65. The van der Waals surface area contributed by atoms with E-state index in [1.807, 2.05) is 0 Å². The van der Waals surface area contributed by atoms with Crippen LogP contribution in [-0.2, 0) is 0 Å². The van der Waals surface area contributed by atoms with Gasteiger partial charge in [-0.05, 0) is 56.3 Å². The number of rotatable bonds is 5. The van der Waals surface area contributed by atoms with Crippen molar-refractivity contribution >= 4 is 11.0 Å². The zero-order valence-corrected chi connectivity index (χ0v) is 12.8. The van der Waals surface area contributed by atoms with E-state index < -0.39 is 0 Å². The van der Waals surface area contributed by atoms with Crippen LogP contribution in [0.5, 0.6) is 0 Å². The Kier molecular flexibility index (Phi) is 3.84. The Morgan fingerprint density at radius 1 is 1.30 bits per heavy atom. The molecule has 1 saturated carbocycles. The number of furan rings is 1. The Balaban J connectivity index is 1.70. The zero-order valence-electron chi connectivity index (χ0n) is 12.8. The zero-order chi connectivity index (χ0) is 14.1. The third-order valence-electron chi connectivity index (χ3n) is 4.50. The molecule has 1 aliphatic carbocycles. The summed E-state index contributed by atoms with van der Waals surface area (Å²) in [5, 5.41) is 4.84. The first kappa shape index (κ1) is 13.7. The minimum atomic E-state index is 0.612. The third-order valence-corrected chi connectivity index (χ3v) is 4.50. The van der Waals surface area contributed by atoms with Crippen LogP contribution in [0.4, 0.5) is 0 Å². The lowest BCUT2D eigenvalue weighted by Crippen LogP contribution is -2.35. The lowest BCUT2D eigenvalue weighted by atomic mass is 9.72. The average Bonchev–Trinajstić information content (AvgIpc) is 2.77. The van der Waals surface area contributed by atoms with Crippen LogP contribution >= 0.6 is 0 Å². The molecule has 1 aromatic carbocycles. The fourth-order valence-corrected chi connectivity index (χ4v) is 3.16. The number of hydrogen-bond donors (Lipinski definition) is 1. The molecule has 1 heterocycles. The van der Waals surface area contributed by atoms with E-state index >= 15 is 0 Å². The highest BCUT2D eigenvalue weighted by molar-refractivity contribution is 5.81. The van der Waals surface area contributed by atoms with Crippen LogP contribution < -0.4 is 5.32 Å². The molecule has 108 valence electrons. The Hall–Kier alpha value is -1.28. The lowest BCUT2D eigenvalue weighted by Gasteiger charge is -2.35. The summed E-state index contributed by atoms with van der Waals surface area (Å²) in [5.74, 6) is 3.27. The first-order valence-corrected chi connectivity index (χ1v) is 7.85. The van der Waals surface area contributed by atoms with E-state index in [4.69, 9.17) is 4.42 Å². The second-order valence-electron chi connectivity index (χ2n) is 6.64. The molecule has 1 N–H and O–H groups in total. The number of para-hydroxylation sites is 1. The maximum atomic E-state index is 6.13. The van der Waals surface area contributed by atoms with Crippen molar-refractivity contribution in [3.05, 3.63) is 35.6 Å². The van der Waals surface area contributed by atoms with Crippen molar-refractivity contribution in [3.8, 4) is 0 Å². The highest BCUT2D eigenvalue weighted by Crippen LogP contribution is 2.44. The van der Waals surface area contributed by atoms with Crippen molar-refractivity contribution < 1.29 is 4.42 Å². The van der Waals surface area contributed by atoms with Gasteiger partial charge in [0.05, 0.1) is 0 Å². The Morgan fingerprint density at radius 2 is 2.15 bits per heavy atom. The molecule has 20 heavy (non-hydrogen) atoms. The summed E-state index contributed by atoms with van der Waals surface area (Å²) >= 11 is 0. The SMILES string of the molecule is Cc1cccc2cc(C3CCC3CNCC(C)C)oc12. The van der Waals surface area contributed by atoms with Gasteiger partial charge in [0, 0.05) is 11.3 Å². The Labute approximate surface area is 121 Å². The van der Waals surface area contributed by atoms with Crippen molar-refractivity contribution in [2.75, 3.05) is 13.1 Å². The second kappa shape index (κ2) is 5.61. The van der Waals surface area contributed by atoms with E-state index in [0.29, 0.717) is 5.92 Å². The summed E-state index contributed by atoms with van der Waals surface area (Å²) in [4.78, 5) is 0. The van der Waals surface area contributed by atoms with Crippen molar-refractivity contribution in [3.63, 3.8) is 0 Å². The maximum absolute atomic E-state index is 6.13. The van der Waals surface area contributed by atoms with Gasteiger partial charge in [0.2, 0.25) is 0 Å². The van der Waals surface area contributed by atoms with Gasteiger partial charge < -0.3 is 9.73 Å². The molecule has 0 spiro atoms. The summed E-state index contributed by atoms with van der Waals surface area (Å²) < 4.78 is 6.13. The molecule has 0 radical (unpaired) electrons. The summed E-state index contributed by atoms with van der Waals surface area (Å²) in [7, 11) is 0. The summed E-state index contributed by atoms with van der Waals surface area (Å²) in [6, 6.07) is 8.64. The van der Waals surface area contributed by atoms with Gasteiger partial charge in [-0.15, -0.1) is 0 Å². The van der Waals surface area contributed by atoms with Gasteiger partial charge in [-0.1, -0.05) is 32.0 Å². The standard InChI is InChI=1S/C18H25NO/c1-12(2)10-19-11-15-7-8-16(15)17-9-14-6-4-5-13(3)18(14)20-17/h4-6,9,12,15-16,19H,7-8,10-11H2,1-3H3. The monoisotopic (exact) mass is 271 g/mol. The van der Waals surface area contributed by atoms with Gasteiger partial charge in [0.15, 0.2) is 0 Å². The minimum absolute atomic E-state index is 0.612. The molecule has 1 aromatic heterocycles. The van der Waals surface area contributed by atoms with Gasteiger partial charge in [-0.2, -0.15) is 0 Å². The maximum Gasteiger partial charge on any atom is 0.137 e. The number of nitrogens with one attached hydrogen (secondary N) is 1. The molecule has 2 atom stereocenters. The fourth-order valence-electron chi connectivity index (χ4n) is 3.16. The molecule has 1 aliphatic rings. The molecule has 0 aliphatic heterocycles. The van der Waals surface area contributed by atoms with E-state index in [1.165, 1.54) is 29.6 Å². The van der Waals surface area contributed by atoms with E-state index in [2.05, 4.69) is 50.4 Å². The molecule has 0 bridgehead atoms. The van der Waals surface area contributed by atoms with Gasteiger partial charge in [0.25, 0.3) is 0 Å². The molecule has 3 rings (SSSR count). The third kappa shape index (κ3) is 2.62. The van der Waals surface area contributed by atoms with Gasteiger partial charge in [-0.25, -0.2) is 0 Å². The molecule has 2 aromatic rings. The van der Waals surface area contributed by atoms with Gasteiger partial charge in [0.1, 0.15) is 11.3 Å². The summed E-state index contributed by atoms with van der Waals surface area (Å²) in [6.45, 7) is 8.87. The van der Waals surface area contributed by atoms with Gasteiger partial charge >= 0.3 is 0 Å². The van der Waals surface area contributed by atoms with Crippen molar-refractivity contribution in [1.82, 2.24) is 5.32 Å². The van der Waals surface area contributed by atoms with Crippen LogP contribution in [0.2, 0.25) is 0 Å². The Morgan fingerprint density at radius 3 is 2.80 bits per heavy atom. The number of fused-ring (bicyclic) bond motifs is 1. The van der Waals surface area contributed by atoms with Crippen LogP contribution in [0.15, 0.2) is 28.7 Å². The number of aryl methyl sites for hydroxylation is 1. The fraction of sp³-hybridized carbons (Fsp3) is 0.556. The predicted octanol–water partition coefficient (Wildman–Crippen LogP) is 4.48. The van der Waals surface area contributed by atoms with E-state index in [-0.39, 0.29) is 0 Å². The van der Waals surface area contributed by atoms with Gasteiger partial charge in [-0.3, -0.25) is 0 Å². The average molecular weight is 271 g/mol. The summed E-state index contributed by atoms with van der Waals surface area (Å²) in [6.07, 6.45) is 2.60. The topological polar surface area (TPSA) is 25.2 Å². The number of hydrogen-bond acceptors (Lipinski definition) is 2. The van der Waals surface area contributed by atoms with Crippen molar-refractivity contribution in [1.29, 1.82) is 0 Å². The molecule has 2 heteroatoms. The van der Waals surface area contributed by atoms with E-state index in [1.54, 1.807) is 0 Å². The predicted molar refractivity (Wildman–Crippen MR) is 84.1 cm³/mol. The van der Waals surface area contributed by atoms with Crippen LogP contribution in [0.3, 0.4) is 0 Å². The smallest absolute Gasteiger partial charge is 0.137 e. The van der Waals surface area contributed by atoms with Crippen LogP contribution in [0.25, 0.3) is 11.0 Å².